The number of carbonyl (C=O) groups is 1. The van der Waals surface area contributed by atoms with Crippen LogP contribution in [0.4, 0.5) is 0 Å². The molecule has 0 bridgehead atoms. The Labute approximate surface area is 205 Å². The number of hydrogen-bond donors (Lipinski definition) is 1. The standard InChI is InChI=1S/C27H33N5O3/c1-30-17-22(20-9-10-28-24(20)27(30)33)21-7-8-23-25(26(21)35-19-5-3-2-4-6-19)32(18-29-23)12-11-31-13-15-34-16-14-31/h2-8,18,20,22,24,28H,9-17H2,1H3. The number of carbonyl (C=O) groups excluding carboxylic acids is 1. The molecule has 3 aliphatic heterocycles. The molecule has 35 heavy (non-hydrogen) atoms. The number of nitrogens with one attached hydrogen (secondary N) is 1. The first kappa shape index (κ1) is 22.5. The van der Waals surface area contributed by atoms with E-state index in [0.717, 1.165) is 80.5 Å². The minimum Gasteiger partial charge on any atom is -0.455 e. The Morgan fingerprint density at radius 2 is 1.94 bits per heavy atom. The number of para-hydroxylation sites is 1. The number of morpholine rings is 1. The molecule has 0 radical (unpaired) electrons. The molecule has 3 aromatic rings. The third-order valence-corrected chi connectivity index (χ3v) is 7.79. The van der Waals surface area contributed by atoms with E-state index in [-0.39, 0.29) is 23.8 Å². The molecular formula is C27H33N5O3. The maximum atomic E-state index is 12.8. The number of amides is 1. The van der Waals surface area contributed by atoms with Crippen molar-refractivity contribution in [2.75, 3.05) is 53.0 Å². The molecule has 1 amide bonds. The predicted molar refractivity (Wildman–Crippen MR) is 134 cm³/mol. The first-order valence-electron chi connectivity index (χ1n) is 12.7. The fourth-order valence-electron chi connectivity index (χ4n) is 5.91. The Morgan fingerprint density at radius 3 is 2.77 bits per heavy atom. The van der Waals surface area contributed by atoms with Crippen molar-refractivity contribution in [3.8, 4) is 11.5 Å². The normalized spacial score (nSPS) is 25.2. The second-order valence-corrected chi connectivity index (χ2v) is 9.87. The zero-order valence-electron chi connectivity index (χ0n) is 20.2. The zero-order valence-corrected chi connectivity index (χ0v) is 20.2. The van der Waals surface area contributed by atoms with Crippen molar-refractivity contribution in [1.82, 2.24) is 24.7 Å². The summed E-state index contributed by atoms with van der Waals surface area (Å²) in [6.45, 7) is 6.86. The summed E-state index contributed by atoms with van der Waals surface area (Å²) < 4.78 is 14.4. The van der Waals surface area contributed by atoms with E-state index >= 15 is 0 Å². The monoisotopic (exact) mass is 475 g/mol. The van der Waals surface area contributed by atoms with Gasteiger partial charge < -0.3 is 24.3 Å². The lowest BCUT2D eigenvalue weighted by Crippen LogP contribution is -2.52. The van der Waals surface area contributed by atoms with Gasteiger partial charge in [-0.2, -0.15) is 0 Å². The van der Waals surface area contributed by atoms with E-state index in [4.69, 9.17) is 14.5 Å². The highest BCUT2D eigenvalue weighted by Gasteiger charge is 2.45. The molecule has 1 N–H and O–H groups in total. The van der Waals surface area contributed by atoms with Gasteiger partial charge in [-0.05, 0) is 37.1 Å². The smallest absolute Gasteiger partial charge is 0.239 e. The van der Waals surface area contributed by atoms with Crippen molar-refractivity contribution >= 4 is 16.9 Å². The molecule has 8 nitrogen and oxygen atoms in total. The van der Waals surface area contributed by atoms with E-state index in [9.17, 15) is 4.79 Å². The minimum atomic E-state index is -0.120. The molecule has 3 fully saturated rings. The van der Waals surface area contributed by atoms with Crippen molar-refractivity contribution in [2.45, 2.75) is 24.9 Å². The quantitative estimate of drug-likeness (QED) is 0.591. The van der Waals surface area contributed by atoms with E-state index in [1.165, 1.54) is 0 Å². The topological polar surface area (TPSA) is 71.9 Å². The molecule has 1 aromatic heterocycles. The van der Waals surface area contributed by atoms with Crippen LogP contribution < -0.4 is 10.1 Å². The molecular weight excluding hydrogens is 442 g/mol. The Balaban J connectivity index is 1.41. The van der Waals surface area contributed by atoms with Crippen LogP contribution in [0.25, 0.3) is 11.0 Å². The molecule has 3 unspecified atom stereocenters. The van der Waals surface area contributed by atoms with Gasteiger partial charge in [-0.25, -0.2) is 4.98 Å². The lowest BCUT2D eigenvalue weighted by Gasteiger charge is -2.39. The molecule has 3 aliphatic rings. The molecule has 4 heterocycles. The largest absolute Gasteiger partial charge is 0.455 e. The van der Waals surface area contributed by atoms with Gasteiger partial charge in [0.15, 0.2) is 5.75 Å². The van der Waals surface area contributed by atoms with Gasteiger partial charge >= 0.3 is 0 Å². The van der Waals surface area contributed by atoms with Crippen LogP contribution in [0.2, 0.25) is 0 Å². The number of benzene rings is 2. The van der Waals surface area contributed by atoms with Gasteiger partial charge in [0, 0.05) is 51.3 Å². The summed E-state index contributed by atoms with van der Waals surface area (Å²) >= 11 is 0. The second-order valence-electron chi connectivity index (χ2n) is 9.87. The third-order valence-electron chi connectivity index (χ3n) is 7.79. The number of piperidine rings is 1. The van der Waals surface area contributed by atoms with Crippen molar-refractivity contribution in [3.63, 3.8) is 0 Å². The number of aromatic nitrogens is 2. The molecule has 0 saturated carbocycles. The fourth-order valence-corrected chi connectivity index (χ4v) is 5.91. The Hall–Kier alpha value is -2.94. The number of likely N-dealkylation sites (N-methyl/N-ethyl adjacent to an activating group) is 1. The summed E-state index contributed by atoms with van der Waals surface area (Å²) in [4.78, 5) is 21.9. The van der Waals surface area contributed by atoms with Crippen LogP contribution in [0, 0.1) is 5.92 Å². The van der Waals surface area contributed by atoms with Gasteiger partial charge in [0.05, 0.1) is 31.1 Å². The Bertz CT molecular complexity index is 1190. The van der Waals surface area contributed by atoms with Crippen LogP contribution in [0.5, 0.6) is 11.5 Å². The van der Waals surface area contributed by atoms with Gasteiger partial charge in [-0.3, -0.25) is 9.69 Å². The van der Waals surface area contributed by atoms with E-state index in [0.29, 0.717) is 6.54 Å². The molecule has 6 rings (SSSR count). The average molecular weight is 476 g/mol. The third kappa shape index (κ3) is 4.30. The number of hydrogen-bond acceptors (Lipinski definition) is 6. The Kier molecular flexibility index (Phi) is 6.18. The molecule has 0 spiro atoms. The molecule has 0 aliphatic carbocycles. The van der Waals surface area contributed by atoms with Crippen LogP contribution in [0.15, 0.2) is 48.8 Å². The van der Waals surface area contributed by atoms with Gasteiger partial charge in [0.1, 0.15) is 11.3 Å². The van der Waals surface area contributed by atoms with E-state index in [1.807, 2.05) is 48.6 Å². The van der Waals surface area contributed by atoms with Gasteiger partial charge in [-0.15, -0.1) is 0 Å². The van der Waals surface area contributed by atoms with Crippen molar-refractivity contribution in [3.05, 3.63) is 54.4 Å². The van der Waals surface area contributed by atoms with Crippen LogP contribution in [-0.4, -0.2) is 84.3 Å². The first-order chi connectivity index (χ1) is 17.2. The van der Waals surface area contributed by atoms with Crippen LogP contribution >= 0.6 is 0 Å². The van der Waals surface area contributed by atoms with Crippen molar-refractivity contribution in [2.24, 2.45) is 5.92 Å². The van der Waals surface area contributed by atoms with Crippen LogP contribution in [-0.2, 0) is 16.1 Å². The van der Waals surface area contributed by atoms with E-state index in [1.54, 1.807) is 0 Å². The summed E-state index contributed by atoms with van der Waals surface area (Å²) in [5.74, 6) is 2.34. The highest BCUT2D eigenvalue weighted by Crippen LogP contribution is 2.44. The number of rotatable bonds is 6. The summed E-state index contributed by atoms with van der Waals surface area (Å²) in [6.07, 6.45) is 2.93. The summed E-state index contributed by atoms with van der Waals surface area (Å²) in [7, 11) is 1.91. The van der Waals surface area contributed by atoms with Gasteiger partial charge in [-0.1, -0.05) is 24.3 Å². The SMILES string of the molecule is CN1CC(c2ccc3ncn(CCN4CCOCC4)c3c2Oc2ccccc2)C2CCNC2C1=O. The zero-order chi connectivity index (χ0) is 23.8. The molecule has 3 saturated heterocycles. The van der Waals surface area contributed by atoms with Crippen molar-refractivity contribution < 1.29 is 14.3 Å². The predicted octanol–water partition coefficient (Wildman–Crippen LogP) is 2.69. The number of likely N-dealkylation sites (tertiary alicyclic amines) is 1. The minimum absolute atomic E-state index is 0.120. The van der Waals surface area contributed by atoms with Gasteiger partial charge in [0.25, 0.3) is 0 Å². The van der Waals surface area contributed by atoms with E-state index in [2.05, 4.69) is 26.9 Å². The maximum absolute atomic E-state index is 12.8. The number of ether oxygens (including phenoxy) is 2. The maximum Gasteiger partial charge on any atom is 0.239 e. The highest BCUT2D eigenvalue weighted by atomic mass is 16.5. The first-order valence-corrected chi connectivity index (χ1v) is 12.7. The molecule has 2 aromatic carbocycles. The van der Waals surface area contributed by atoms with Crippen LogP contribution in [0.3, 0.4) is 0 Å². The lowest BCUT2D eigenvalue weighted by atomic mass is 9.77. The average Bonchev–Trinajstić information content (AvgIpc) is 3.55. The molecule has 184 valence electrons. The fraction of sp³-hybridized carbons (Fsp3) is 0.481. The van der Waals surface area contributed by atoms with E-state index < -0.39 is 0 Å². The second kappa shape index (κ2) is 9.60. The molecule has 8 heteroatoms. The molecule has 3 atom stereocenters. The van der Waals surface area contributed by atoms with Gasteiger partial charge in [0.2, 0.25) is 5.91 Å². The van der Waals surface area contributed by atoms with Crippen LogP contribution in [0.1, 0.15) is 17.9 Å². The summed E-state index contributed by atoms with van der Waals surface area (Å²) in [5, 5.41) is 3.44. The number of nitrogens with zero attached hydrogens (tertiary/aromatic N) is 4. The highest BCUT2D eigenvalue weighted by molar-refractivity contribution is 5.86. The summed E-state index contributed by atoms with van der Waals surface area (Å²) in [6, 6.07) is 14.1. The lowest BCUT2D eigenvalue weighted by molar-refractivity contribution is -0.136. The van der Waals surface area contributed by atoms with Crippen molar-refractivity contribution in [1.29, 1.82) is 0 Å². The Morgan fingerprint density at radius 1 is 1.11 bits per heavy atom. The number of imidazole rings is 1. The summed E-state index contributed by atoms with van der Waals surface area (Å²) in [5.41, 5.74) is 3.12. The number of fused-ring (bicyclic) bond motifs is 2.